The molecule has 0 saturated carbocycles. The molecule has 2 atom stereocenters. The minimum Gasteiger partial charge on any atom is -0.353 e. The highest BCUT2D eigenvalue weighted by molar-refractivity contribution is 5.62. The zero-order valence-electron chi connectivity index (χ0n) is 11.1. The maximum Gasteiger partial charge on any atom is 0.203 e. The van der Waals surface area contributed by atoms with Crippen LogP contribution < -0.4 is 5.32 Å². The first-order chi connectivity index (χ1) is 8.63. The molecule has 2 aromatic rings. The Morgan fingerprint density at radius 1 is 1.33 bits per heavy atom. The molecule has 0 fully saturated rings. The Kier molecular flexibility index (Phi) is 2.62. The summed E-state index contributed by atoms with van der Waals surface area (Å²) >= 11 is 0. The van der Waals surface area contributed by atoms with Crippen LogP contribution in [0.4, 0.5) is 5.95 Å². The number of nitrogens with one attached hydrogen (secondary N) is 1. The van der Waals surface area contributed by atoms with Gasteiger partial charge in [0.15, 0.2) is 0 Å². The van der Waals surface area contributed by atoms with Crippen molar-refractivity contribution in [2.75, 3.05) is 5.32 Å². The van der Waals surface area contributed by atoms with Gasteiger partial charge in [-0.05, 0) is 33.3 Å². The van der Waals surface area contributed by atoms with Gasteiger partial charge in [-0.2, -0.15) is 0 Å². The van der Waals surface area contributed by atoms with Crippen molar-refractivity contribution in [2.45, 2.75) is 39.3 Å². The second kappa shape index (κ2) is 4.16. The normalized spacial score (nSPS) is 22.4. The Morgan fingerprint density at radius 2 is 2.17 bits per heavy atom. The Labute approximate surface area is 108 Å². The molecule has 1 aromatic heterocycles. The van der Waals surface area contributed by atoms with Crippen LogP contribution in [0.1, 0.15) is 31.9 Å². The van der Waals surface area contributed by atoms with Crippen molar-refractivity contribution in [3.63, 3.8) is 0 Å². The number of rotatable bonds is 1. The van der Waals surface area contributed by atoms with Crippen molar-refractivity contribution in [3.8, 4) is 11.3 Å². The number of benzene rings is 1. The molecule has 3 nitrogen and oxygen atoms in total. The third-order valence-electron chi connectivity index (χ3n) is 3.59. The lowest BCUT2D eigenvalue weighted by Gasteiger charge is -2.27. The van der Waals surface area contributed by atoms with Crippen LogP contribution in [0.3, 0.4) is 0 Å². The van der Waals surface area contributed by atoms with Crippen molar-refractivity contribution in [1.29, 1.82) is 0 Å². The SMILES string of the molecule is Cc1cccc(-c2cn3c(n2)NC(C)CC3C)c1. The van der Waals surface area contributed by atoms with Crippen LogP contribution in [-0.4, -0.2) is 15.6 Å². The predicted molar refractivity (Wildman–Crippen MR) is 74.8 cm³/mol. The average molecular weight is 241 g/mol. The number of hydrogen-bond acceptors (Lipinski definition) is 2. The summed E-state index contributed by atoms with van der Waals surface area (Å²) in [4.78, 5) is 4.71. The molecule has 0 radical (unpaired) electrons. The molecule has 2 heterocycles. The van der Waals surface area contributed by atoms with E-state index in [1.54, 1.807) is 0 Å². The van der Waals surface area contributed by atoms with Crippen molar-refractivity contribution in [2.24, 2.45) is 0 Å². The van der Waals surface area contributed by atoms with E-state index in [9.17, 15) is 0 Å². The average Bonchev–Trinajstić information content (AvgIpc) is 2.73. The molecule has 1 aromatic carbocycles. The van der Waals surface area contributed by atoms with Crippen LogP contribution in [0.15, 0.2) is 30.5 Å². The van der Waals surface area contributed by atoms with Gasteiger partial charge in [-0.1, -0.05) is 23.8 Å². The van der Waals surface area contributed by atoms with Gasteiger partial charge in [0.2, 0.25) is 5.95 Å². The van der Waals surface area contributed by atoms with Crippen LogP contribution in [0.25, 0.3) is 11.3 Å². The van der Waals surface area contributed by atoms with Gasteiger partial charge in [-0.15, -0.1) is 0 Å². The molecule has 1 aliphatic heterocycles. The second-order valence-electron chi connectivity index (χ2n) is 5.36. The predicted octanol–water partition coefficient (Wildman–Crippen LogP) is 3.62. The summed E-state index contributed by atoms with van der Waals surface area (Å²) in [5.74, 6) is 0.998. The molecule has 0 bridgehead atoms. The number of aryl methyl sites for hydroxylation is 1. The smallest absolute Gasteiger partial charge is 0.203 e. The number of anilines is 1. The zero-order chi connectivity index (χ0) is 12.7. The van der Waals surface area contributed by atoms with E-state index < -0.39 is 0 Å². The van der Waals surface area contributed by atoms with E-state index in [4.69, 9.17) is 4.98 Å². The number of aromatic nitrogens is 2. The Bertz CT molecular complexity index is 571. The quantitative estimate of drug-likeness (QED) is 0.826. The fraction of sp³-hybridized carbons (Fsp3) is 0.400. The third kappa shape index (κ3) is 1.90. The minimum atomic E-state index is 0.500. The fourth-order valence-corrected chi connectivity index (χ4v) is 2.68. The van der Waals surface area contributed by atoms with Gasteiger partial charge in [-0.3, -0.25) is 0 Å². The van der Waals surface area contributed by atoms with Crippen LogP contribution in [0.5, 0.6) is 0 Å². The van der Waals surface area contributed by atoms with Crippen molar-refractivity contribution < 1.29 is 0 Å². The van der Waals surface area contributed by atoms with E-state index in [-0.39, 0.29) is 0 Å². The molecule has 2 unspecified atom stereocenters. The lowest BCUT2D eigenvalue weighted by atomic mass is 10.1. The number of nitrogens with zero attached hydrogens (tertiary/aromatic N) is 2. The summed E-state index contributed by atoms with van der Waals surface area (Å²) in [6, 6.07) is 9.52. The molecule has 18 heavy (non-hydrogen) atoms. The molecule has 1 aliphatic rings. The first-order valence-corrected chi connectivity index (χ1v) is 6.56. The molecule has 0 spiro atoms. The summed E-state index contributed by atoms with van der Waals surface area (Å²) in [6.07, 6.45) is 3.31. The van der Waals surface area contributed by atoms with Gasteiger partial charge in [0.1, 0.15) is 0 Å². The molecule has 0 aliphatic carbocycles. The molecule has 0 saturated heterocycles. The van der Waals surface area contributed by atoms with E-state index in [1.807, 2.05) is 0 Å². The van der Waals surface area contributed by atoms with Gasteiger partial charge in [-0.25, -0.2) is 4.98 Å². The first-order valence-electron chi connectivity index (χ1n) is 6.56. The highest BCUT2D eigenvalue weighted by Gasteiger charge is 2.22. The topological polar surface area (TPSA) is 29.9 Å². The Hall–Kier alpha value is -1.77. The largest absolute Gasteiger partial charge is 0.353 e. The van der Waals surface area contributed by atoms with Gasteiger partial charge in [0.25, 0.3) is 0 Å². The standard InChI is InChI=1S/C15H19N3/c1-10-5-4-6-13(7-10)14-9-18-12(3)8-11(2)16-15(18)17-14/h4-7,9,11-12H,8H2,1-3H3,(H,16,17). The Morgan fingerprint density at radius 3 is 2.94 bits per heavy atom. The summed E-state index contributed by atoms with van der Waals surface area (Å²) < 4.78 is 2.25. The number of imidazole rings is 1. The molecule has 3 rings (SSSR count). The van der Waals surface area contributed by atoms with Crippen LogP contribution >= 0.6 is 0 Å². The summed E-state index contributed by atoms with van der Waals surface area (Å²) in [5, 5.41) is 3.45. The highest BCUT2D eigenvalue weighted by Crippen LogP contribution is 2.30. The molecule has 94 valence electrons. The molecule has 0 amide bonds. The van der Waals surface area contributed by atoms with Crippen LogP contribution in [0, 0.1) is 6.92 Å². The first kappa shape index (κ1) is 11.3. The molecule has 1 N–H and O–H groups in total. The fourth-order valence-electron chi connectivity index (χ4n) is 2.68. The summed E-state index contributed by atoms with van der Waals surface area (Å²) in [6.45, 7) is 6.58. The number of hydrogen-bond donors (Lipinski definition) is 1. The van der Waals surface area contributed by atoms with Gasteiger partial charge in [0.05, 0.1) is 5.69 Å². The van der Waals surface area contributed by atoms with Crippen LogP contribution in [0.2, 0.25) is 0 Å². The lowest BCUT2D eigenvalue weighted by Crippen LogP contribution is -2.28. The Balaban J connectivity index is 2.03. The molecular formula is C15H19N3. The van der Waals surface area contributed by atoms with Crippen LogP contribution in [-0.2, 0) is 0 Å². The highest BCUT2D eigenvalue weighted by atomic mass is 15.2. The van der Waals surface area contributed by atoms with E-state index in [2.05, 4.69) is 61.1 Å². The zero-order valence-corrected chi connectivity index (χ0v) is 11.1. The summed E-state index contributed by atoms with van der Waals surface area (Å²) in [5.41, 5.74) is 3.52. The van der Waals surface area contributed by atoms with Gasteiger partial charge < -0.3 is 9.88 Å². The van der Waals surface area contributed by atoms with E-state index >= 15 is 0 Å². The third-order valence-corrected chi connectivity index (χ3v) is 3.59. The van der Waals surface area contributed by atoms with E-state index in [0.717, 1.165) is 18.1 Å². The molecular weight excluding hydrogens is 222 g/mol. The maximum atomic E-state index is 4.71. The summed E-state index contributed by atoms with van der Waals surface area (Å²) in [7, 11) is 0. The van der Waals surface area contributed by atoms with Crippen molar-refractivity contribution >= 4 is 5.95 Å². The van der Waals surface area contributed by atoms with E-state index in [1.165, 1.54) is 11.1 Å². The van der Waals surface area contributed by atoms with E-state index in [0.29, 0.717) is 12.1 Å². The minimum absolute atomic E-state index is 0.500. The van der Waals surface area contributed by atoms with Crippen molar-refractivity contribution in [1.82, 2.24) is 9.55 Å². The number of fused-ring (bicyclic) bond motifs is 1. The van der Waals surface area contributed by atoms with Crippen molar-refractivity contribution in [3.05, 3.63) is 36.0 Å². The van der Waals surface area contributed by atoms with Gasteiger partial charge in [0, 0.05) is 23.8 Å². The molecule has 3 heteroatoms. The monoisotopic (exact) mass is 241 g/mol. The maximum absolute atomic E-state index is 4.71. The lowest BCUT2D eigenvalue weighted by molar-refractivity contribution is 0.449. The van der Waals surface area contributed by atoms with Gasteiger partial charge >= 0.3 is 0 Å². The second-order valence-corrected chi connectivity index (χ2v) is 5.36.